The highest BCUT2D eigenvalue weighted by Crippen LogP contribution is 2.25. The Hall–Kier alpha value is -1.38. The number of ether oxygens (including phenoxy) is 1. The van der Waals surface area contributed by atoms with Crippen LogP contribution in [0.25, 0.3) is 0 Å². The van der Waals surface area contributed by atoms with Crippen molar-refractivity contribution >= 4 is 11.4 Å². The van der Waals surface area contributed by atoms with E-state index in [1.165, 1.54) is 12.8 Å². The number of rotatable bonds is 7. The maximum absolute atomic E-state index is 5.82. The van der Waals surface area contributed by atoms with Gasteiger partial charge in [0.05, 0.1) is 12.3 Å². The Morgan fingerprint density at radius 1 is 1.35 bits per heavy atom. The highest BCUT2D eigenvalue weighted by atomic mass is 16.5. The number of nitrogens with two attached hydrogens (primary N) is 1. The summed E-state index contributed by atoms with van der Waals surface area (Å²) in [6, 6.07) is 5.84. The number of anilines is 2. The maximum atomic E-state index is 5.82. The quantitative estimate of drug-likeness (QED) is 0.562. The zero-order chi connectivity index (χ0) is 12.7. The predicted octanol–water partition coefficient (Wildman–Crippen LogP) is 3.52. The van der Waals surface area contributed by atoms with Crippen molar-refractivity contribution in [3.05, 3.63) is 18.2 Å². The maximum Gasteiger partial charge on any atom is 0.144 e. The van der Waals surface area contributed by atoms with Crippen LogP contribution in [0.4, 0.5) is 11.4 Å². The lowest BCUT2D eigenvalue weighted by Gasteiger charge is -2.11. The molecule has 0 aliphatic rings. The minimum atomic E-state index is 0.640. The molecule has 0 atom stereocenters. The molecule has 0 saturated carbocycles. The van der Waals surface area contributed by atoms with Crippen molar-refractivity contribution in [1.29, 1.82) is 0 Å². The Balaban J connectivity index is 2.45. The first-order chi connectivity index (χ1) is 8.13. The summed E-state index contributed by atoms with van der Waals surface area (Å²) >= 11 is 0. The molecule has 3 nitrogen and oxygen atoms in total. The van der Waals surface area contributed by atoms with Gasteiger partial charge in [-0.25, -0.2) is 0 Å². The van der Waals surface area contributed by atoms with Gasteiger partial charge in [0.15, 0.2) is 0 Å². The van der Waals surface area contributed by atoms with Gasteiger partial charge in [-0.1, -0.05) is 13.8 Å². The fourth-order valence-electron chi connectivity index (χ4n) is 1.67. The van der Waals surface area contributed by atoms with Crippen molar-refractivity contribution in [3.8, 4) is 5.75 Å². The molecule has 0 spiro atoms. The van der Waals surface area contributed by atoms with Crippen LogP contribution in [0.1, 0.15) is 33.6 Å². The van der Waals surface area contributed by atoms with E-state index in [9.17, 15) is 0 Å². The third-order valence-corrected chi connectivity index (χ3v) is 2.60. The van der Waals surface area contributed by atoms with Crippen LogP contribution in [-0.4, -0.2) is 13.2 Å². The molecule has 1 rings (SSSR count). The third kappa shape index (κ3) is 4.98. The zero-order valence-electron chi connectivity index (χ0n) is 11.1. The molecular weight excluding hydrogens is 212 g/mol. The van der Waals surface area contributed by atoms with Crippen LogP contribution in [-0.2, 0) is 0 Å². The van der Waals surface area contributed by atoms with E-state index in [4.69, 9.17) is 10.5 Å². The van der Waals surface area contributed by atoms with Crippen molar-refractivity contribution in [2.75, 3.05) is 24.2 Å². The summed E-state index contributed by atoms with van der Waals surface area (Å²) in [6.07, 6.45) is 2.44. The lowest BCUT2D eigenvalue weighted by atomic mass is 10.1. The molecule has 0 unspecified atom stereocenters. The van der Waals surface area contributed by atoms with Gasteiger partial charge in [0.1, 0.15) is 5.75 Å². The fourth-order valence-corrected chi connectivity index (χ4v) is 1.67. The van der Waals surface area contributed by atoms with E-state index in [-0.39, 0.29) is 0 Å². The van der Waals surface area contributed by atoms with Crippen LogP contribution in [0.3, 0.4) is 0 Å². The fraction of sp³-hybridized carbons (Fsp3) is 0.571. The summed E-state index contributed by atoms with van der Waals surface area (Å²) in [6.45, 7) is 8.09. The molecular formula is C14H24N2O. The molecule has 0 amide bonds. The molecule has 3 N–H and O–H groups in total. The van der Waals surface area contributed by atoms with Crippen molar-refractivity contribution in [2.24, 2.45) is 5.92 Å². The van der Waals surface area contributed by atoms with Crippen molar-refractivity contribution in [2.45, 2.75) is 33.6 Å². The van der Waals surface area contributed by atoms with Crippen LogP contribution >= 0.6 is 0 Å². The summed E-state index contributed by atoms with van der Waals surface area (Å²) in [5, 5.41) is 3.39. The first-order valence-corrected chi connectivity index (χ1v) is 6.39. The summed E-state index contributed by atoms with van der Waals surface area (Å²) in [4.78, 5) is 0. The third-order valence-electron chi connectivity index (χ3n) is 2.60. The summed E-state index contributed by atoms with van der Waals surface area (Å²) in [5.74, 6) is 1.53. The smallest absolute Gasteiger partial charge is 0.144 e. The van der Waals surface area contributed by atoms with Gasteiger partial charge < -0.3 is 15.8 Å². The van der Waals surface area contributed by atoms with E-state index < -0.39 is 0 Å². The van der Waals surface area contributed by atoms with Gasteiger partial charge in [-0.3, -0.25) is 0 Å². The highest BCUT2D eigenvalue weighted by Gasteiger charge is 2.01. The molecule has 1 aromatic rings. The second kappa shape index (κ2) is 7.05. The Labute approximate surface area is 104 Å². The van der Waals surface area contributed by atoms with E-state index in [0.29, 0.717) is 12.3 Å². The van der Waals surface area contributed by atoms with Gasteiger partial charge in [0, 0.05) is 18.3 Å². The molecule has 0 heterocycles. The number of nitrogen functional groups attached to an aromatic ring is 1. The predicted molar refractivity (Wildman–Crippen MR) is 74.6 cm³/mol. The number of hydrogen-bond acceptors (Lipinski definition) is 3. The first-order valence-electron chi connectivity index (χ1n) is 6.39. The molecule has 1 aromatic carbocycles. The number of nitrogens with one attached hydrogen (secondary N) is 1. The second-order valence-electron chi connectivity index (χ2n) is 4.65. The molecule has 0 aliphatic heterocycles. The summed E-state index contributed by atoms with van der Waals surface area (Å²) in [5.41, 5.74) is 7.59. The average Bonchev–Trinajstić information content (AvgIpc) is 2.28. The molecule has 0 radical (unpaired) electrons. The van der Waals surface area contributed by atoms with E-state index in [2.05, 4.69) is 19.2 Å². The SMILES string of the molecule is CCOc1cc(NCCCC(C)C)ccc1N. The minimum Gasteiger partial charge on any atom is -0.492 e. The van der Waals surface area contributed by atoms with Crippen LogP contribution in [0.5, 0.6) is 5.75 Å². The van der Waals surface area contributed by atoms with Crippen molar-refractivity contribution < 1.29 is 4.74 Å². The van der Waals surface area contributed by atoms with Gasteiger partial charge in [-0.05, 0) is 37.8 Å². The standard InChI is InChI=1S/C14H24N2O/c1-4-17-14-10-12(7-8-13(14)15)16-9-5-6-11(2)3/h7-8,10-11,16H,4-6,9,15H2,1-3H3. The van der Waals surface area contributed by atoms with Gasteiger partial charge in [0.2, 0.25) is 0 Å². The van der Waals surface area contributed by atoms with Crippen molar-refractivity contribution in [3.63, 3.8) is 0 Å². The van der Waals surface area contributed by atoms with Gasteiger partial charge >= 0.3 is 0 Å². The average molecular weight is 236 g/mol. The molecule has 0 saturated heterocycles. The summed E-state index contributed by atoms with van der Waals surface area (Å²) in [7, 11) is 0. The Kier molecular flexibility index (Phi) is 5.67. The minimum absolute atomic E-state index is 0.640. The topological polar surface area (TPSA) is 47.3 Å². The lowest BCUT2D eigenvalue weighted by molar-refractivity contribution is 0.342. The largest absolute Gasteiger partial charge is 0.492 e. The number of benzene rings is 1. The first kappa shape index (κ1) is 13.7. The van der Waals surface area contributed by atoms with Gasteiger partial charge in [-0.2, -0.15) is 0 Å². The molecule has 0 bridgehead atoms. The van der Waals surface area contributed by atoms with Crippen LogP contribution in [0.15, 0.2) is 18.2 Å². The number of hydrogen-bond donors (Lipinski definition) is 2. The Morgan fingerprint density at radius 3 is 2.76 bits per heavy atom. The molecule has 96 valence electrons. The van der Waals surface area contributed by atoms with Crippen molar-refractivity contribution in [1.82, 2.24) is 0 Å². The van der Waals surface area contributed by atoms with Crippen LogP contribution in [0.2, 0.25) is 0 Å². The van der Waals surface area contributed by atoms with Crippen LogP contribution in [0, 0.1) is 5.92 Å². The van der Waals surface area contributed by atoms with Crippen LogP contribution < -0.4 is 15.8 Å². The Bertz CT molecular complexity index is 337. The van der Waals surface area contributed by atoms with Gasteiger partial charge in [0.25, 0.3) is 0 Å². The highest BCUT2D eigenvalue weighted by molar-refractivity contribution is 5.61. The van der Waals surface area contributed by atoms with E-state index >= 15 is 0 Å². The van der Waals surface area contributed by atoms with Gasteiger partial charge in [-0.15, -0.1) is 0 Å². The molecule has 0 fully saturated rings. The summed E-state index contributed by atoms with van der Waals surface area (Å²) < 4.78 is 5.46. The van der Waals surface area contributed by atoms with E-state index in [1.54, 1.807) is 0 Å². The van der Waals surface area contributed by atoms with E-state index in [1.807, 2.05) is 25.1 Å². The van der Waals surface area contributed by atoms with E-state index in [0.717, 1.165) is 23.9 Å². The molecule has 17 heavy (non-hydrogen) atoms. The monoisotopic (exact) mass is 236 g/mol. The Morgan fingerprint density at radius 2 is 2.12 bits per heavy atom. The second-order valence-corrected chi connectivity index (χ2v) is 4.65. The normalized spacial score (nSPS) is 10.6. The zero-order valence-corrected chi connectivity index (χ0v) is 11.1. The molecule has 3 heteroatoms. The molecule has 0 aliphatic carbocycles. The lowest BCUT2D eigenvalue weighted by Crippen LogP contribution is -2.04. The molecule has 0 aromatic heterocycles.